The molecule has 1 amide bonds. The predicted molar refractivity (Wildman–Crippen MR) is 66.7 cm³/mol. The number of carboxylic acids is 1. The Morgan fingerprint density at radius 1 is 1.26 bits per heavy atom. The van der Waals surface area contributed by atoms with Gasteiger partial charge in [0.1, 0.15) is 0 Å². The highest BCUT2D eigenvalue weighted by molar-refractivity contribution is 5.78. The molecule has 108 valence electrons. The van der Waals surface area contributed by atoms with E-state index in [0.717, 1.165) is 26.1 Å². The maximum atomic E-state index is 11.9. The standard InChI is InChI=1S/C13H21NO5/c15-12(14-5-1-10(9-14)13(16)17)4-8-19-11-2-6-18-7-3-11/h10-11H,1-9H2,(H,16,17). The first-order valence-electron chi connectivity index (χ1n) is 6.86. The van der Waals surface area contributed by atoms with E-state index < -0.39 is 11.9 Å². The zero-order valence-corrected chi connectivity index (χ0v) is 11.0. The first kappa shape index (κ1) is 14.3. The van der Waals surface area contributed by atoms with Crippen molar-refractivity contribution in [2.75, 3.05) is 32.9 Å². The minimum Gasteiger partial charge on any atom is -0.481 e. The van der Waals surface area contributed by atoms with Gasteiger partial charge in [-0.05, 0) is 19.3 Å². The fraction of sp³-hybridized carbons (Fsp3) is 0.846. The van der Waals surface area contributed by atoms with Crippen molar-refractivity contribution in [3.8, 4) is 0 Å². The van der Waals surface area contributed by atoms with Gasteiger partial charge in [-0.2, -0.15) is 0 Å². The van der Waals surface area contributed by atoms with Crippen LogP contribution in [0.1, 0.15) is 25.7 Å². The number of hydrogen-bond acceptors (Lipinski definition) is 4. The van der Waals surface area contributed by atoms with Crippen molar-refractivity contribution >= 4 is 11.9 Å². The SMILES string of the molecule is O=C(O)C1CCN(C(=O)CCOC2CCOCC2)C1. The highest BCUT2D eigenvalue weighted by Crippen LogP contribution is 2.17. The van der Waals surface area contributed by atoms with Crippen molar-refractivity contribution in [2.45, 2.75) is 31.8 Å². The Hall–Kier alpha value is -1.14. The number of carbonyl (C=O) groups is 2. The summed E-state index contributed by atoms with van der Waals surface area (Å²) in [6, 6.07) is 0. The molecular weight excluding hydrogens is 250 g/mol. The molecule has 0 aromatic carbocycles. The van der Waals surface area contributed by atoms with Gasteiger partial charge in [0.25, 0.3) is 0 Å². The molecule has 6 heteroatoms. The molecule has 1 unspecified atom stereocenters. The fourth-order valence-electron chi connectivity index (χ4n) is 2.50. The Morgan fingerprint density at radius 3 is 2.63 bits per heavy atom. The number of hydrogen-bond donors (Lipinski definition) is 1. The molecule has 0 saturated carbocycles. The predicted octanol–water partition coefficient (Wildman–Crippen LogP) is 0.505. The second-order valence-electron chi connectivity index (χ2n) is 5.10. The minimum absolute atomic E-state index is 0.00388. The van der Waals surface area contributed by atoms with Gasteiger partial charge >= 0.3 is 5.97 Å². The summed E-state index contributed by atoms with van der Waals surface area (Å²) in [6.07, 6.45) is 2.87. The molecular formula is C13H21NO5. The van der Waals surface area contributed by atoms with Crippen molar-refractivity contribution in [3.63, 3.8) is 0 Å². The normalized spacial score (nSPS) is 24.6. The number of carbonyl (C=O) groups excluding carboxylic acids is 1. The van der Waals surface area contributed by atoms with E-state index in [1.165, 1.54) is 0 Å². The van der Waals surface area contributed by atoms with Gasteiger partial charge in [0.05, 0.1) is 25.0 Å². The molecule has 2 heterocycles. The average Bonchev–Trinajstić information content (AvgIpc) is 2.89. The topological polar surface area (TPSA) is 76.1 Å². The van der Waals surface area contributed by atoms with Crippen LogP contribution in [-0.2, 0) is 19.1 Å². The second-order valence-corrected chi connectivity index (χ2v) is 5.10. The maximum Gasteiger partial charge on any atom is 0.308 e. The molecule has 2 aliphatic heterocycles. The Balaban J connectivity index is 1.63. The summed E-state index contributed by atoms with van der Waals surface area (Å²) in [5.41, 5.74) is 0. The van der Waals surface area contributed by atoms with E-state index >= 15 is 0 Å². The van der Waals surface area contributed by atoms with Crippen LogP contribution in [0.2, 0.25) is 0 Å². The second kappa shape index (κ2) is 6.86. The molecule has 0 bridgehead atoms. The number of ether oxygens (including phenoxy) is 2. The zero-order chi connectivity index (χ0) is 13.7. The first-order valence-corrected chi connectivity index (χ1v) is 6.86. The lowest BCUT2D eigenvalue weighted by Crippen LogP contribution is -2.31. The lowest BCUT2D eigenvalue weighted by atomic mass is 10.1. The number of carboxylic acid groups (broad SMARTS) is 1. The van der Waals surface area contributed by atoms with Gasteiger partial charge in [-0.25, -0.2) is 0 Å². The summed E-state index contributed by atoms with van der Waals surface area (Å²) in [6.45, 7) is 2.76. The lowest BCUT2D eigenvalue weighted by Gasteiger charge is -2.23. The largest absolute Gasteiger partial charge is 0.481 e. The Bertz CT molecular complexity index is 327. The van der Waals surface area contributed by atoms with Crippen molar-refractivity contribution < 1.29 is 24.2 Å². The Labute approximate surface area is 112 Å². The quantitative estimate of drug-likeness (QED) is 0.788. The van der Waals surface area contributed by atoms with Gasteiger partial charge in [0.15, 0.2) is 0 Å². The zero-order valence-electron chi connectivity index (χ0n) is 11.0. The van der Waals surface area contributed by atoms with E-state index in [1.54, 1.807) is 4.90 Å². The van der Waals surface area contributed by atoms with E-state index in [1.807, 2.05) is 0 Å². The molecule has 19 heavy (non-hydrogen) atoms. The molecule has 0 aromatic rings. The highest BCUT2D eigenvalue weighted by atomic mass is 16.5. The Kier molecular flexibility index (Phi) is 5.15. The maximum absolute atomic E-state index is 11.9. The molecule has 0 aromatic heterocycles. The molecule has 1 N–H and O–H groups in total. The summed E-state index contributed by atoms with van der Waals surface area (Å²) in [5.74, 6) is -1.22. The number of aliphatic carboxylic acids is 1. The van der Waals surface area contributed by atoms with E-state index in [-0.39, 0.29) is 12.0 Å². The molecule has 0 spiro atoms. The van der Waals surface area contributed by atoms with Crippen LogP contribution in [0.15, 0.2) is 0 Å². The third-order valence-electron chi connectivity index (χ3n) is 3.73. The van der Waals surface area contributed by atoms with E-state index in [4.69, 9.17) is 14.6 Å². The van der Waals surface area contributed by atoms with Crippen molar-refractivity contribution in [1.82, 2.24) is 4.90 Å². The first-order chi connectivity index (χ1) is 9.16. The summed E-state index contributed by atoms with van der Waals surface area (Å²) < 4.78 is 10.9. The van der Waals surface area contributed by atoms with Gasteiger partial charge < -0.3 is 19.5 Å². The van der Waals surface area contributed by atoms with Crippen molar-refractivity contribution in [2.24, 2.45) is 5.92 Å². The molecule has 0 radical (unpaired) electrons. The van der Waals surface area contributed by atoms with Crippen LogP contribution in [0.3, 0.4) is 0 Å². The van der Waals surface area contributed by atoms with Gasteiger partial charge in [-0.3, -0.25) is 9.59 Å². The van der Waals surface area contributed by atoms with Crippen LogP contribution in [0.25, 0.3) is 0 Å². The van der Waals surface area contributed by atoms with Crippen LogP contribution >= 0.6 is 0 Å². The highest BCUT2D eigenvalue weighted by Gasteiger charge is 2.30. The molecule has 1 atom stereocenters. The van der Waals surface area contributed by atoms with Gasteiger partial charge in [-0.1, -0.05) is 0 Å². The third-order valence-corrected chi connectivity index (χ3v) is 3.73. The molecule has 2 fully saturated rings. The average molecular weight is 271 g/mol. The van der Waals surface area contributed by atoms with Crippen LogP contribution in [0.4, 0.5) is 0 Å². The van der Waals surface area contributed by atoms with Crippen molar-refractivity contribution in [1.29, 1.82) is 0 Å². The molecule has 2 rings (SSSR count). The van der Waals surface area contributed by atoms with Crippen molar-refractivity contribution in [3.05, 3.63) is 0 Å². The number of nitrogens with zero attached hydrogens (tertiary/aromatic N) is 1. The number of likely N-dealkylation sites (tertiary alicyclic amines) is 1. The molecule has 2 aliphatic rings. The van der Waals surface area contributed by atoms with Gasteiger partial charge in [0.2, 0.25) is 5.91 Å². The van der Waals surface area contributed by atoms with E-state index in [0.29, 0.717) is 32.5 Å². The lowest BCUT2D eigenvalue weighted by molar-refractivity contribution is -0.141. The van der Waals surface area contributed by atoms with Crippen LogP contribution in [0, 0.1) is 5.92 Å². The smallest absolute Gasteiger partial charge is 0.308 e. The summed E-state index contributed by atoms with van der Waals surface area (Å²) in [4.78, 5) is 24.3. The summed E-state index contributed by atoms with van der Waals surface area (Å²) in [5, 5.41) is 8.88. The molecule has 0 aliphatic carbocycles. The van der Waals surface area contributed by atoms with Crippen LogP contribution in [-0.4, -0.2) is 60.9 Å². The minimum atomic E-state index is -0.811. The van der Waals surface area contributed by atoms with E-state index in [2.05, 4.69) is 0 Å². The van der Waals surface area contributed by atoms with Crippen LogP contribution < -0.4 is 0 Å². The fourth-order valence-corrected chi connectivity index (χ4v) is 2.50. The van der Waals surface area contributed by atoms with Crippen LogP contribution in [0.5, 0.6) is 0 Å². The monoisotopic (exact) mass is 271 g/mol. The molecule has 2 saturated heterocycles. The van der Waals surface area contributed by atoms with Gasteiger partial charge in [-0.15, -0.1) is 0 Å². The van der Waals surface area contributed by atoms with Gasteiger partial charge in [0, 0.05) is 26.3 Å². The summed E-state index contributed by atoms with van der Waals surface area (Å²) >= 11 is 0. The molecule has 6 nitrogen and oxygen atoms in total. The number of rotatable bonds is 5. The third kappa shape index (κ3) is 4.18. The Morgan fingerprint density at radius 2 is 2.00 bits per heavy atom. The number of amides is 1. The summed E-state index contributed by atoms with van der Waals surface area (Å²) in [7, 11) is 0. The van der Waals surface area contributed by atoms with E-state index in [9.17, 15) is 9.59 Å².